The Hall–Kier alpha value is -3.68. The molecule has 8 heteroatoms. The van der Waals surface area contributed by atoms with Crippen LogP contribution in [0, 0.1) is 13.8 Å². The Bertz CT molecular complexity index is 919. The zero-order valence-corrected chi connectivity index (χ0v) is 18.0. The predicted molar refractivity (Wildman–Crippen MR) is 120 cm³/mol. The fraction of sp³-hybridized carbons (Fsp3) is 0.304. The molecule has 3 N–H and O–H groups in total. The topological polar surface area (TPSA) is 109 Å². The molecule has 0 unspecified atom stereocenters. The summed E-state index contributed by atoms with van der Waals surface area (Å²) in [6.45, 7) is 6.27. The lowest BCUT2D eigenvalue weighted by atomic mass is 10.1. The van der Waals surface area contributed by atoms with Gasteiger partial charge in [-0.05, 0) is 73.4 Å². The molecular weight excluding hydrogens is 396 g/mol. The smallest absolute Gasteiger partial charge is 0.329 e. The molecule has 0 spiro atoms. The van der Waals surface area contributed by atoms with Gasteiger partial charge in [-0.15, -0.1) is 0 Å². The van der Waals surface area contributed by atoms with E-state index >= 15 is 0 Å². The molecule has 2 aromatic carbocycles. The average Bonchev–Trinajstić information content (AvgIpc) is 2.72. The SMILES string of the molecule is CCCCNC(=O)C(=O)NN=Cc1ccc(OCC(=O)Nc2cc(C)cc(C)c2)cc1. The number of ether oxygens (including phenoxy) is 1. The van der Waals surface area contributed by atoms with Crippen LogP contribution in [0.15, 0.2) is 47.6 Å². The molecule has 2 aromatic rings. The van der Waals surface area contributed by atoms with Gasteiger partial charge in [-0.3, -0.25) is 14.4 Å². The van der Waals surface area contributed by atoms with Crippen LogP contribution in [0.5, 0.6) is 5.75 Å². The first kappa shape index (κ1) is 23.6. The Labute approximate surface area is 182 Å². The van der Waals surface area contributed by atoms with Crippen LogP contribution in [0.25, 0.3) is 0 Å². The summed E-state index contributed by atoms with van der Waals surface area (Å²) in [5, 5.41) is 9.09. The Kier molecular flexibility index (Phi) is 9.22. The van der Waals surface area contributed by atoms with Gasteiger partial charge in [0.05, 0.1) is 6.21 Å². The van der Waals surface area contributed by atoms with Crippen molar-refractivity contribution in [3.63, 3.8) is 0 Å². The molecule has 0 aliphatic carbocycles. The standard InChI is InChI=1S/C23H28N4O4/c1-4-5-10-24-22(29)23(30)27-25-14-18-6-8-20(9-7-18)31-15-21(28)26-19-12-16(2)11-17(3)13-19/h6-9,11-14H,4-5,10,15H2,1-3H3,(H,24,29)(H,26,28)(H,27,30). The van der Waals surface area contributed by atoms with Gasteiger partial charge in [0.25, 0.3) is 5.91 Å². The summed E-state index contributed by atoms with van der Waals surface area (Å²) in [5.41, 5.74) is 5.75. The zero-order valence-electron chi connectivity index (χ0n) is 18.0. The second kappa shape index (κ2) is 12.1. The Morgan fingerprint density at radius 1 is 1.00 bits per heavy atom. The number of carbonyl (C=O) groups is 3. The first-order valence-corrected chi connectivity index (χ1v) is 10.1. The van der Waals surface area contributed by atoms with Gasteiger partial charge >= 0.3 is 11.8 Å². The van der Waals surface area contributed by atoms with Crippen LogP contribution in [-0.2, 0) is 14.4 Å². The lowest BCUT2D eigenvalue weighted by Crippen LogP contribution is -2.38. The molecule has 8 nitrogen and oxygen atoms in total. The summed E-state index contributed by atoms with van der Waals surface area (Å²) >= 11 is 0. The molecule has 2 rings (SSSR count). The van der Waals surface area contributed by atoms with Crippen LogP contribution in [0.4, 0.5) is 5.69 Å². The van der Waals surface area contributed by atoms with E-state index in [2.05, 4.69) is 21.2 Å². The highest BCUT2D eigenvalue weighted by atomic mass is 16.5. The van der Waals surface area contributed by atoms with E-state index in [1.807, 2.05) is 39.0 Å². The first-order valence-electron chi connectivity index (χ1n) is 10.1. The number of nitrogens with one attached hydrogen (secondary N) is 3. The first-order chi connectivity index (χ1) is 14.9. The summed E-state index contributed by atoms with van der Waals surface area (Å²) in [5.74, 6) is -1.27. The largest absolute Gasteiger partial charge is 0.484 e. The number of hydrogen-bond acceptors (Lipinski definition) is 5. The van der Waals surface area contributed by atoms with Crippen molar-refractivity contribution >= 4 is 29.6 Å². The van der Waals surface area contributed by atoms with Crippen molar-refractivity contribution in [2.75, 3.05) is 18.5 Å². The molecule has 0 saturated heterocycles. The molecule has 0 aliphatic rings. The van der Waals surface area contributed by atoms with Gasteiger partial charge in [0.1, 0.15) is 5.75 Å². The zero-order chi connectivity index (χ0) is 22.6. The normalized spacial score (nSPS) is 10.5. The number of nitrogens with zero attached hydrogens (tertiary/aromatic N) is 1. The fourth-order valence-electron chi connectivity index (χ4n) is 2.72. The fourth-order valence-corrected chi connectivity index (χ4v) is 2.72. The number of carbonyl (C=O) groups excluding carboxylic acids is 3. The molecule has 0 aromatic heterocycles. The van der Waals surface area contributed by atoms with Crippen molar-refractivity contribution in [3.8, 4) is 5.75 Å². The second-order valence-corrected chi connectivity index (χ2v) is 7.09. The Morgan fingerprint density at radius 3 is 2.32 bits per heavy atom. The highest BCUT2D eigenvalue weighted by Crippen LogP contribution is 2.14. The number of benzene rings is 2. The van der Waals surface area contributed by atoms with Crippen LogP contribution < -0.4 is 20.8 Å². The highest BCUT2D eigenvalue weighted by molar-refractivity contribution is 6.35. The van der Waals surface area contributed by atoms with Crippen molar-refractivity contribution in [1.82, 2.24) is 10.7 Å². The third-order valence-electron chi connectivity index (χ3n) is 4.16. The van der Waals surface area contributed by atoms with Crippen LogP contribution in [-0.4, -0.2) is 37.1 Å². The van der Waals surface area contributed by atoms with Crippen molar-refractivity contribution in [2.24, 2.45) is 5.10 Å². The number of aryl methyl sites for hydroxylation is 2. The van der Waals surface area contributed by atoms with E-state index in [1.54, 1.807) is 24.3 Å². The van der Waals surface area contributed by atoms with E-state index in [1.165, 1.54) is 6.21 Å². The molecular formula is C23H28N4O4. The quantitative estimate of drug-likeness (QED) is 0.249. The van der Waals surface area contributed by atoms with E-state index < -0.39 is 11.8 Å². The van der Waals surface area contributed by atoms with E-state index in [9.17, 15) is 14.4 Å². The maximum absolute atomic E-state index is 12.1. The minimum Gasteiger partial charge on any atom is -0.484 e. The van der Waals surface area contributed by atoms with Gasteiger partial charge in [-0.1, -0.05) is 19.4 Å². The molecule has 0 saturated carbocycles. The lowest BCUT2D eigenvalue weighted by molar-refractivity contribution is -0.139. The third-order valence-corrected chi connectivity index (χ3v) is 4.16. The minimum atomic E-state index is -0.817. The maximum Gasteiger partial charge on any atom is 0.329 e. The number of hydrogen-bond donors (Lipinski definition) is 3. The van der Waals surface area contributed by atoms with E-state index in [0.29, 0.717) is 17.9 Å². The molecule has 0 atom stereocenters. The number of rotatable bonds is 9. The van der Waals surface area contributed by atoms with Gasteiger partial charge in [0, 0.05) is 12.2 Å². The van der Waals surface area contributed by atoms with Gasteiger partial charge in [-0.25, -0.2) is 5.43 Å². The summed E-state index contributed by atoms with van der Waals surface area (Å²) in [4.78, 5) is 35.2. The number of unbranched alkanes of at least 4 members (excludes halogenated alkanes) is 1. The molecule has 3 amide bonds. The van der Waals surface area contributed by atoms with Crippen molar-refractivity contribution in [3.05, 3.63) is 59.2 Å². The highest BCUT2D eigenvalue weighted by Gasteiger charge is 2.11. The summed E-state index contributed by atoms with van der Waals surface area (Å²) in [6.07, 6.45) is 3.15. The van der Waals surface area contributed by atoms with Gasteiger partial charge < -0.3 is 15.4 Å². The predicted octanol–water partition coefficient (Wildman–Crippen LogP) is 2.69. The maximum atomic E-state index is 12.1. The van der Waals surface area contributed by atoms with Crippen molar-refractivity contribution in [2.45, 2.75) is 33.6 Å². The van der Waals surface area contributed by atoms with Crippen molar-refractivity contribution < 1.29 is 19.1 Å². The summed E-state index contributed by atoms with van der Waals surface area (Å²) < 4.78 is 5.50. The Morgan fingerprint density at radius 2 is 1.68 bits per heavy atom. The van der Waals surface area contributed by atoms with E-state index in [-0.39, 0.29) is 12.5 Å². The minimum absolute atomic E-state index is 0.121. The second-order valence-electron chi connectivity index (χ2n) is 7.09. The molecule has 0 heterocycles. The number of amides is 3. The summed E-state index contributed by atoms with van der Waals surface area (Å²) in [7, 11) is 0. The van der Waals surface area contributed by atoms with Crippen molar-refractivity contribution in [1.29, 1.82) is 0 Å². The van der Waals surface area contributed by atoms with E-state index in [0.717, 1.165) is 29.7 Å². The third kappa shape index (κ3) is 8.69. The van der Waals surface area contributed by atoms with Crippen LogP contribution in [0.3, 0.4) is 0 Å². The van der Waals surface area contributed by atoms with Crippen LogP contribution in [0.2, 0.25) is 0 Å². The summed E-state index contributed by atoms with van der Waals surface area (Å²) in [6, 6.07) is 12.6. The van der Waals surface area contributed by atoms with Crippen LogP contribution >= 0.6 is 0 Å². The van der Waals surface area contributed by atoms with Gasteiger partial charge in [-0.2, -0.15) is 5.10 Å². The van der Waals surface area contributed by atoms with Gasteiger partial charge in [0.15, 0.2) is 6.61 Å². The molecule has 164 valence electrons. The molecule has 31 heavy (non-hydrogen) atoms. The molecule has 0 fully saturated rings. The Balaban J connectivity index is 1.77. The average molecular weight is 425 g/mol. The van der Waals surface area contributed by atoms with Gasteiger partial charge in [0.2, 0.25) is 0 Å². The molecule has 0 radical (unpaired) electrons. The number of hydrazone groups is 1. The van der Waals surface area contributed by atoms with Crippen LogP contribution in [0.1, 0.15) is 36.5 Å². The lowest BCUT2D eigenvalue weighted by Gasteiger charge is -2.09. The molecule has 0 aliphatic heterocycles. The molecule has 0 bridgehead atoms. The number of anilines is 1. The monoisotopic (exact) mass is 424 g/mol. The van der Waals surface area contributed by atoms with E-state index in [4.69, 9.17) is 4.74 Å².